The molecule has 34 heavy (non-hydrogen) atoms. The quantitative estimate of drug-likeness (QED) is 0.273. The first-order chi connectivity index (χ1) is 16.2. The average molecular weight is 485 g/mol. The van der Waals surface area contributed by atoms with Gasteiger partial charge in [-0.25, -0.2) is 13.4 Å². The number of oxime groups is 1. The summed E-state index contributed by atoms with van der Waals surface area (Å²) in [6.07, 6.45) is -3.15. The second kappa shape index (κ2) is 9.52. The monoisotopic (exact) mass is 485 g/mol. The van der Waals surface area contributed by atoms with Crippen LogP contribution in [0.3, 0.4) is 0 Å². The van der Waals surface area contributed by atoms with E-state index in [2.05, 4.69) is 14.9 Å². The number of sulfonamides is 1. The van der Waals surface area contributed by atoms with Crippen molar-refractivity contribution in [3.8, 4) is 0 Å². The Balaban J connectivity index is 1.54. The van der Waals surface area contributed by atoms with Crippen molar-refractivity contribution in [2.45, 2.75) is 17.7 Å². The number of pyridine rings is 1. The van der Waals surface area contributed by atoms with Crippen molar-refractivity contribution in [1.29, 1.82) is 0 Å². The maximum absolute atomic E-state index is 12.8. The van der Waals surface area contributed by atoms with E-state index in [1.54, 1.807) is 24.3 Å². The molecule has 0 radical (unpaired) electrons. The summed E-state index contributed by atoms with van der Waals surface area (Å²) < 4.78 is 66.3. The minimum Gasteiger partial charge on any atom is -0.391 e. The van der Waals surface area contributed by atoms with Crippen molar-refractivity contribution in [2.75, 3.05) is 4.72 Å². The zero-order valence-corrected chi connectivity index (χ0v) is 18.3. The van der Waals surface area contributed by atoms with E-state index in [1.165, 1.54) is 12.3 Å². The van der Waals surface area contributed by atoms with E-state index in [-0.39, 0.29) is 17.2 Å². The highest BCUT2D eigenvalue weighted by Gasteiger charge is 2.30. The minimum atomic E-state index is -4.56. The van der Waals surface area contributed by atoms with Crippen molar-refractivity contribution >= 4 is 32.8 Å². The van der Waals surface area contributed by atoms with E-state index in [0.29, 0.717) is 16.6 Å². The Labute approximate surface area is 193 Å². The normalized spacial score (nSPS) is 12.2. The lowest BCUT2D eigenvalue weighted by Gasteiger charge is -2.12. The molecule has 4 aromatic rings. The lowest BCUT2D eigenvalue weighted by atomic mass is 10.2. The molecule has 0 aliphatic heterocycles. The highest BCUT2D eigenvalue weighted by Crippen LogP contribution is 2.30. The summed E-state index contributed by atoms with van der Waals surface area (Å²) in [5.74, 6) is 0. The third-order valence-corrected chi connectivity index (χ3v) is 6.19. The van der Waals surface area contributed by atoms with Crippen LogP contribution in [0.25, 0.3) is 10.9 Å². The molecule has 174 valence electrons. The van der Waals surface area contributed by atoms with Crippen LogP contribution in [0.4, 0.5) is 18.9 Å². The molecule has 0 fully saturated rings. The van der Waals surface area contributed by atoms with Gasteiger partial charge in [-0.05, 0) is 42.0 Å². The van der Waals surface area contributed by atoms with Crippen molar-refractivity contribution in [1.82, 2.24) is 4.98 Å². The number of anilines is 1. The standard InChI is InChI=1S/C24H18F3N3O3S/c25-24(26,27)19-10-13-21(14-11-19)34(31,32)30-22-8-4-7-18-9-12-20(29-23(18)22)15-28-33-16-17-5-2-1-3-6-17/h1-15,30H,16H2/b28-15+. The van der Waals surface area contributed by atoms with Crippen LogP contribution in [0.5, 0.6) is 0 Å². The molecule has 6 nitrogen and oxygen atoms in total. The van der Waals surface area contributed by atoms with Gasteiger partial charge in [0.05, 0.1) is 33.6 Å². The van der Waals surface area contributed by atoms with E-state index < -0.39 is 21.8 Å². The van der Waals surface area contributed by atoms with Gasteiger partial charge < -0.3 is 4.84 Å². The fourth-order valence-electron chi connectivity index (χ4n) is 3.12. The highest BCUT2D eigenvalue weighted by molar-refractivity contribution is 7.92. The molecule has 0 atom stereocenters. The number of hydrogen-bond donors (Lipinski definition) is 1. The highest BCUT2D eigenvalue weighted by atomic mass is 32.2. The van der Waals surface area contributed by atoms with Gasteiger partial charge in [0.1, 0.15) is 6.61 Å². The van der Waals surface area contributed by atoms with Crippen LogP contribution in [0, 0.1) is 0 Å². The first-order valence-corrected chi connectivity index (χ1v) is 11.5. The molecule has 0 saturated carbocycles. The van der Waals surface area contributed by atoms with E-state index in [9.17, 15) is 21.6 Å². The van der Waals surface area contributed by atoms with Crippen LogP contribution < -0.4 is 4.72 Å². The fraction of sp³-hybridized carbons (Fsp3) is 0.0833. The van der Waals surface area contributed by atoms with Crippen molar-refractivity contribution in [3.63, 3.8) is 0 Å². The Morgan fingerprint density at radius 2 is 1.65 bits per heavy atom. The molecule has 0 aliphatic carbocycles. The summed E-state index contributed by atoms with van der Waals surface area (Å²) in [6.45, 7) is 0.281. The summed E-state index contributed by atoms with van der Waals surface area (Å²) in [7, 11) is -4.15. The Hall–Kier alpha value is -3.92. The summed E-state index contributed by atoms with van der Waals surface area (Å²) in [4.78, 5) is 9.41. The number of fused-ring (bicyclic) bond motifs is 1. The average Bonchev–Trinajstić information content (AvgIpc) is 2.82. The van der Waals surface area contributed by atoms with Gasteiger partial charge in [-0.15, -0.1) is 0 Å². The van der Waals surface area contributed by atoms with Gasteiger partial charge in [0.15, 0.2) is 0 Å². The molecule has 0 bridgehead atoms. The molecule has 0 spiro atoms. The molecule has 0 unspecified atom stereocenters. The summed E-state index contributed by atoms with van der Waals surface area (Å²) in [6, 6.07) is 21.1. The van der Waals surface area contributed by atoms with Crippen LogP contribution >= 0.6 is 0 Å². The lowest BCUT2D eigenvalue weighted by Crippen LogP contribution is -2.14. The zero-order valence-electron chi connectivity index (χ0n) is 17.5. The number of halogens is 3. The van der Waals surface area contributed by atoms with Crippen LogP contribution in [-0.4, -0.2) is 19.6 Å². The maximum Gasteiger partial charge on any atom is 0.416 e. The Morgan fingerprint density at radius 3 is 2.35 bits per heavy atom. The van der Waals surface area contributed by atoms with E-state index in [0.717, 1.165) is 29.8 Å². The third-order valence-electron chi connectivity index (χ3n) is 4.81. The number of nitrogens with one attached hydrogen (secondary N) is 1. The number of benzene rings is 3. The van der Waals surface area contributed by atoms with Crippen LogP contribution in [-0.2, 0) is 27.6 Å². The Morgan fingerprint density at radius 1 is 0.912 bits per heavy atom. The van der Waals surface area contributed by atoms with Crippen LogP contribution in [0.2, 0.25) is 0 Å². The molecule has 1 aromatic heterocycles. The molecule has 1 heterocycles. The molecule has 0 saturated heterocycles. The van der Waals surface area contributed by atoms with Gasteiger partial charge in [-0.3, -0.25) is 4.72 Å². The predicted octanol–water partition coefficient (Wildman–Crippen LogP) is 5.61. The van der Waals surface area contributed by atoms with E-state index in [1.807, 2.05) is 30.3 Å². The van der Waals surface area contributed by atoms with Crippen molar-refractivity contribution < 1.29 is 26.4 Å². The number of alkyl halides is 3. The first-order valence-electron chi connectivity index (χ1n) is 10.0. The van der Waals surface area contributed by atoms with Crippen molar-refractivity contribution in [3.05, 3.63) is 102 Å². The van der Waals surface area contributed by atoms with Crippen LogP contribution in [0.1, 0.15) is 16.8 Å². The molecular weight excluding hydrogens is 467 g/mol. The smallest absolute Gasteiger partial charge is 0.391 e. The van der Waals surface area contributed by atoms with E-state index >= 15 is 0 Å². The van der Waals surface area contributed by atoms with Gasteiger partial charge >= 0.3 is 6.18 Å². The fourth-order valence-corrected chi connectivity index (χ4v) is 4.19. The summed E-state index contributed by atoms with van der Waals surface area (Å²) in [5, 5.41) is 4.57. The van der Waals surface area contributed by atoms with Crippen molar-refractivity contribution in [2.24, 2.45) is 5.16 Å². The van der Waals surface area contributed by atoms with Gasteiger partial charge in [0, 0.05) is 5.39 Å². The van der Waals surface area contributed by atoms with Gasteiger partial charge in [-0.1, -0.05) is 53.7 Å². The number of hydrogen-bond acceptors (Lipinski definition) is 5. The minimum absolute atomic E-state index is 0.179. The molecule has 10 heteroatoms. The molecule has 0 aliphatic rings. The Kier molecular flexibility index (Phi) is 6.51. The zero-order chi connectivity index (χ0) is 24.2. The summed E-state index contributed by atoms with van der Waals surface area (Å²) >= 11 is 0. The number of para-hydroxylation sites is 1. The second-order valence-electron chi connectivity index (χ2n) is 7.23. The SMILES string of the molecule is O=S(=O)(Nc1cccc2ccc(/C=N/OCc3ccccc3)nc12)c1ccc(C(F)(F)F)cc1. The number of aromatic nitrogens is 1. The van der Waals surface area contributed by atoms with E-state index in [4.69, 9.17) is 4.84 Å². The first kappa shape index (κ1) is 23.2. The number of nitrogens with zero attached hydrogens (tertiary/aromatic N) is 2. The summed E-state index contributed by atoms with van der Waals surface area (Å²) in [5.41, 5.74) is 0.979. The third kappa shape index (κ3) is 5.52. The molecular formula is C24H18F3N3O3S. The largest absolute Gasteiger partial charge is 0.416 e. The maximum atomic E-state index is 12.8. The predicted molar refractivity (Wildman–Crippen MR) is 123 cm³/mol. The molecule has 1 N–H and O–H groups in total. The van der Waals surface area contributed by atoms with Crippen LogP contribution in [0.15, 0.2) is 95.0 Å². The lowest BCUT2D eigenvalue weighted by molar-refractivity contribution is -0.137. The topological polar surface area (TPSA) is 80.7 Å². The Bertz CT molecular complexity index is 1420. The second-order valence-corrected chi connectivity index (χ2v) is 8.92. The van der Waals surface area contributed by atoms with Gasteiger partial charge in [-0.2, -0.15) is 13.2 Å². The molecule has 0 amide bonds. The molecule has 4 rings (SSSR count). The molecule has 3 aromatic carbocycles. The van der Waals surface area contributed by atoms with Gasteiger partial charge in [0.2, 0.25) is 0 Å². The van der Waals surface area contributed by atoms with Gasteiger partial charge in [0.25, 0.3) is 10.0 Å². The number of rotatable bonds is 7.